The molecule has 0 aliphatic rings. The van der Waals surface area contributed by atoms with E-state index in [2.05, 4.69) is 29.1 Å². The van der Waals surface area contributed by atoms with Crippen LogP contribution in [-0.2, 0) is 4.79 Å². The summed E-state index contributed by atoms with van der Waals surface area (Å²) in [5.41, 5.74) is 3.09. The maximum atomic E-state index is 12.5. The van der Waals surface area contributed by atoms with Crippen LogP contribution in [0.15, 0.2) is 66.0 Å². The van der Waals surface area contributed by atoms with Gasteiger partial charge in [-0.15, -0.1) is 0 Å². The van der Waals surface area contributed by atoms with Crippen LogP contribution >= 0.6 is 11.8 Å². The van der Waals surface area contributed by atoms with Crippen LogP contribution in [0.2, 0.25) is 0 Å². The summed E-state index contributed by atoms with van der Waals surface area (Å²) in [6, 6.07) is 17.8. The van der Waals surface area contributed by atoms with Crippen molar-refractivity contribution in [1.82, 2.24) is 15.3 Å². The third-order valence-corrected chi connectivity index (χ3v) is 5.32. The molecule has 0 bridgehead atoms. The van der Waals surface area contributed by atoms with Crippen LogP contribution in [0.5, 0.6) is 5.75 Å². The van der Waals surface area contributed by atoms with Gasteiger partial charge in [-0.2, -0.15) is 0 Å². The highest BCUT2D eigenvalue weighted by molar-refractivity contribution is 7.99. The topological polar surface area (TPSA) is 67.0 Å². The fourth-order valence-electron chi connectivity index (χ4n) is 2.94. The Kier molecular flexibility index (Phi) is 6.76. The average Bonchev–Trinajstić information content (AvgIpc) is 3.20. The second-order valence-electron chi connectivity index (χ2n) is 6.82. The van der Waals surface area contributed by atoms with E-state index in [1.165, 1.54) is 11.8 Å². The highest BCUT2D eigenvalue weighted by Gasteiger charge is 2.19. The van der Waals surface area contributed by atoms with Gasteiger partial charge in [0.2, 0.25) is 5.91 Å². The Balaban J connectivity index is 1.58. The molecule has 146 valence electrons. The van der Waals surface area contributed by atoms with Gasteiger partial charge in [0.1, 0.15) is 5.75 Å². The lowest BCUT2D eigenvalue weighted by Crippen LogP contribution is -2.33. The third kappa shape index (κ3) is 5.16. The first-order valence-electron chi connectivity index (χ1n) is 9.23. The van der Waals surface area contributed by atoms with E-state index >= 15 is 0 Å². The van der Waals surface area contributed by atoms with E-state index in [1.807, 2.05) is 54.6 Å². The number of carbonyl (C=O) groups excluding carboxylic acids is 1. The molecule has 0 aliphatic heterocycles. The van der Waals surface area contributed by atoms with Crippen LogP contribution < -0.4 is 10.1 Å². The third-order valence-electron chi connectivity index (χ3n) is 4.44. The van der Waals surface area contributed by atoms with E-state index < -0.39 is 0 Å². The van der Waals surface area contributed by atoms with Gasteiger partial charge in [-0.25, -0.2) is 4.98 Å². The second-order valence-corrected chi connectivity index (χ2v) is 7.78. The normalized spacial score (nSPS) is 12.0. The zero-order chi connectivity index (χ0) is 19.9. The first-order valence-corrected chi connectivity index (χ1v) is 10.2. The molecule has 2 aromatic carbocycles. The lowest BCUT2D eigenvalue weighted by molar-refractivity contribution is -0.119. The first kappa shape index (κ1) is 20.0. The molecule has 3 aromatic rings. The Labute approximate surface area is 169 Å². The molecular formula is C22H25N3O2S. The minimum absolute atomic E-state index is 0.0165. The number of carbonyl (C=O) groups is 1. The van der Waals surface area contributed by atoms with Gasteiger partial charge in [-0.3, -0.25) is 4.79 Å². The number of amides is 1. The number of nitrogens with one attached hydrogen (secondary N) is 2. The predicted molar refractivity (Wildman–Crippen MR) is 113 cm³/mol. The van der Waals surface area contributed by atoms with Crippen molar-refractivity contribution in [2.45, 2.75) is 25.0 Å². The summed E-state index contributed by atoms with van der Waals surface area (Å²) in [5, 5.41) is 3.87. The minimum atomic E-state index is -0.0458. The zero-order valence-corrected chi connectivity index (χ0v) is 17.1. The van der Waals surface area contributed by atoms with E-state index in [1.54, 1.807) is 13.3 Å². The average molecular weight is 396 g/mol. The molecule has 0 saturated carbocycles. The quantitative estimate of drug-likeness (QED) is 0.543. The molecule has 1 aromatic heterocycles. The summed E-state index contributed by atoms with van der Waals surface area (Å²) in [4.78, 5) is 20.1. The molecule has 2 N–H and O–H groups in total. The van der Waals surface area contributed by atoms with E-state index in [0.29, 0.717) is 5.75 Å². The highest BCUT2D eigenvalue weighted by atomic mass is 32.2. The Bertz CT molecular complexity index is 892. The number of aromatic nitrogens is 2. The summed E-state index contributed by atoms with van der Waals surface area (Å²) in [6.07, 6.45) is 1.80. The summed E-state index contributed by atoms with van der Waals surface area (Å²) in [6.45, 7) is 4.20. The fourth-order valence-corrected chi connectivity index (χ4v) is 3.60. The maximum absolute atomic E-state index is 12.5. The number of rotatable bonds is 8. The number of hydrogen-bond acceptors (Lipinski definition) is 4. The van der Waals surface area contributed by atoms with Gasteiger partial charge in [-0.1, -0.05) is 68.1 Å². The number of methoxy groups -OCH3 is 1. The van der Waals surface area contributed by atoms with E-state index in [4.69, 9.17) is 4.74 Å². The van der Waals surface area contributed by atoms with Gasteiger partial charge < -0.3 is 15.0 Å². The summed E-state index contributed by atoms with van der Waals surface area (Å²) >= 11 is 1.40. The zero-order valence-electron chi connectivity index (χ0n) is 16.3. The summed E-state index contributed by atoms with van der Waals surface area (Å²) in [7, 11) is 1.64. The molecule has 5 nitrogen and oxygen atoms in total. The van der Waals surface area contributed by atoms with Gasteiger partial charge in [0, 0.05) is 0 Å². The van der Waals surface area contributed by atoms with Crippen LogP contribution in [0, 0.1) is 5.92 Å². The molecule has 1 heterocycles. The highest BCUT2D eigenvalue weighted by Crippen LogP contribution is 2.25. The van der Waals surface area contributed by atoms with Gasteiger partial charge in [0.15, 0.2) is 5.16 Å². The Morgan fingerprint density at radius 2 is 1.86 bits per heavy atom. The molecule has 0 fully saturated rings. The number of H-pyrrole nitrogens is 1. The van der Waals surface area contributed by atoms with Crippen LogP contribution in [0.3, 0.4) is 0 Å². The largest absolute Gasteiger partial charge is 0.497 e. The van der Waals surface area contributed by atoms with Gasteiger partial charge in [-0.05, 0) is 29.2 Å². The van der Waals surface area contributed by atoms with Crippen molar-refractivity contribution < 1.29 is 9.53 Å². The lowest BCUT2D eigenvalue weighted by atomic mass is 9.96. The molecule has 1 atom stereocenters. The number of imidazole rings is 1. The number of ether oxygens (including phenoxy) is 1. The standard InChI is InChI=1S/C22H25N3O2S/c1-15(2)21(17-9-11-18(27-3)12-10-17)25-20(26)14-28-22-23-13-19(24-22)16-7-5-4-6-8-16/h4-13,15,21H,14H2,1-3H3,(H,23,24)(H,25,26). The van der Waals surface area contributed by atoms with Gasteiger partial charge in [0.25, 0.3) is 0 Å². The number of hydrogen-bond donors (Lipinski definition) is 2. The first-order chi connectivity index (χ1) is 13.6. The predicted octanol–water partition coefficient (Wildman–Crippen LogP) is 4.69. The SMILES string of the molecule is COc1ccc(C(NC(=O)CSc2ncc(-c3ccccc3)[nH]2)C(C)C)cc1. The van der Waals surface area contributed by atoms with Crippen LogP contribution in [0.4, 0.5) is 0 Å². The van der Waals surface area contributed by atoms with Crippen molar-refractivity contribution >= 4 is 17.7 Å². The second kappa shape index (κ2) is 9.46. The van der Waals surface area contributed by atoms with E-state index in [9.17, 15) is 4.79 Å². The molecule has 0 aliphatic carbocycles. The molecule has 0 saturated heterocycles. The summed E-state index contributed by atoms with van der Waals surface area (Å²) < 4.78 is 5.21. The molecule has 3 rings (SSSR count). The fraction of sp³-hybridized carbons (Fsp3) is 0.273. The Morgan fingerprint density at radius 1 is 1.14 bits per heavy atom. The molecule has 1 unspecified atom stereocenters. The van der Waals surface area contributed by atoms with Crippen molar-refractivity contribution in [1.29, 1.82) is 0 Å². The van der Waals surface area contributed by atoms with Crippen molar-refractivity contribution in [2.24, 2.45) is 5.92 Å². The maximum Gasteiger partial charge on any atom is 0.230 e. The summed E-state index contributed by atoms with van der Waals surface area (Å²) in [5.74, 6) is 1.37. The van der Waals surface area contributed by atoms with E-state index in [-0.39, 0.29) is 17.9 Å². The monoisotopic (exact) mass is 395 g/mol. The van der Waals surface area contributed by atoms with Gasteiger partial charge in [0.05, 0.1) is 30.8 Å². The Morgan fingerprint density at radius 3 is 2.50 bits per heavy atom. The minimum Gasteiger partial charge on any atom is -0.497 e. The molecule has 6 heteroatoms. The van der Waals surface area contributed by atoms with Crippen LogP contribution in [-0.4, -0.2) is 28.7 Å². The number of aromatic amines is 1. The Hall–Kier alpha value is -2.73. The van der Waals surface area contributed by atoms with Crippen molar-refractivity contribution in [2.75, 3.05) is 12.9 Å². The van der Waals surface area contributed by atoms with E-state index in [0.717, 1.165) is 27.7 Å². The number of nitrogens with zero attached hydrogens (tertiary/aromatic N) is 1. The van der Waals surface area contributed by atoms with Crippen molar-refractivity contribution in [3.05, 3.63) is 66.4 Å². The molecule has 0 radical (unpaired) electrons. The number of thioether (sulfide) groups is 1. The molecule has 0 spiro atoms. The molecular weight excluding hydrogens is 370 g/mol. The molecule has 1 amide bonds. The van der Waals surface area contributed by atoms with Gasteiger partial charge >= 0.3 is 0 Å². The lowest BCUT2D eigenvalue weighted by Gasteiger charge is -2.23. The smallest absolute Gasteiger partial charge is 0.230 e. The van der Waals surface area contributed by atoms with Crippen LogP contribution in [0.1, 0.15) is 25.5 Å². The van der Waals surface area contributed by atoms with Crippen molar-refractivity contribution in [3.8, 4) is 17.0 Å². The van der Waals surface area contributed by atoms with Crippen molar-refractivity contribution in [3.63, 3.8) is 0 Å². The van der Waals surface area contributed by atoms with Crippen LogP contribution in [0.25, 0.3) is 11.3 Å². The number of benzene rings is 2. The molecule has 28 heavy (non-hydrogen) atoms.